The lowest BCUT2D eigenvalue weighted by Gasteiger charge is -2.39. The molecule has 194 valence electrons. The van der Waals surface area contributed by atoms with E-state index < -0.39 is 17.9 Å². The zero-order valence-corrected chi connectivity index (χ0v) is 21.0. The number of hydrogen-bond acceptors (Lipinski definition) is 4. The summed E-state index contributed by atoms with van der Waals surface area (Å²) in [5.74, 6) is -2.57. The number of rotatable bonds is 25. The smallest absolute Gasteiger partial charge is 0.303 e. The van der Waals surface area contributed by atoms with Gasteiger partial charge in [-0.25, -0.2) is 0 Å². The van der Waals surface area contributed by atoms with Crippen LogP contribution in [-0.2, 0) is 14.4 Å². The van der Waals surface area contributed by atoms with Gasteiger partial charge in [0.25, 0.3) is 0 Å². The molecule has 0 saturated heterocycles. The summed E-state index contributed by atoms with van der Waals surface area (Å²) in [6.07, 6.45) is 16.0. The van der Waals surface area contributed by atoms with Crippen molar-refractivity contribution >= 4 is 17.9 Å². The van der Waals surface area contributed by atoms with E-state index in [1.807, 2.05) is 0 Å². The summed E-state index contributed by atoms with van der Waals surface area (Å²) >= 11 is 0. The minimum absolute atomic E-state index is 0.0655. The Kier molecular flexibility index (Phi) is 19.9. The first-order valence-corrected chi connectivity index (χ1v) is 13.3. The van der Waals surface area contributed by atoms with Crippen LogP contribution >= 0.6 is 0 Å². The third-order valence-corrected chi connectivity index (χ3v) is 6.55. The lowest BCUT2D eigenvalue weighted by atomic mass is 10.1. The molecule has 33 heavy (non-hydrogen) atoms. The summed E-state index contributed by atoms with van der Waals surface area (Å²) in [5.41, 5.74) is 0. The number of carbonyl (C=O) groups is 3. The van der Waals surface area contributed by atoms with Crippen LogP contribution in [0.4, 0.5) is 0 Å². The lowest BCUT2D eigenvalue weighted by molar-refractivity contribution is -0.929. The molecule has 0 saturated carbocycles. The summed E-state index contributed by atoms with van der Waals surface area (Å²) in [4.78, 5) is 32.6. The molecule has 0 aromatic rings. The number of unbranched alkanes of at least 4 members (excludes halogenated alkanes) is 11. The van der Waals surface area contributed by atoms with E-state index in [0.29, 0.717) is 19.3 Å². The van der Waals surface area contributed by atoms with Crippen molar-refractivity contribution in [1.29, 1.82) is 0 Å². The molecule has 0 radical (unpaired) electrons. The second kappa shape index (κ2) is 20.9. The standard InChI is InChI=1S/C26H49NO6/c1-2-3-4-5-6-7-8-9-13-20-27(21-14-10-17-24(28)29,22-15-11-18-25(30)31)23-16-12-19-26(32)33/h2-23H2,1H3,(H2-,28,29,30,31,32,33). The van der Waals surface area contributed by atoms with Gasteiger partial charge in [-0.15, -0.1) is 0 Å². The normalized spacial score (nSPS) is 11.5. The second-order valence-electron chi connectivity index (χ2n) is 9.60. The number of aliphatic carboxylic acids is 3. The Hall–Kier alpha value is -1.63. The van der Waals surface area contributed by atoms with Gasteiger partial charge in [-0.2, -0.15) is 0 Å². The molecule has 0 aliphatic heterocycles. The first kappa shape index (κ1) is 31.4. The molecule has 0 rings (SSSR count). The number of carbonyl (C=O) groups excluding carboxylic acids is 1. The Morgan fingerprint density at radius 2 is 0.879 bits per heavy atom. The van der Waals surface area contributed by atoms with Crippen LogP contribution in [0.5, 0.6) is 0 Å². The molecule has 0 aromatic carbocycles. The second-order valence-corrected chi connectivity index (χ2v) is 9.60. The molecule has 0 aliphatic carbocycles. The number of carboxylic acids is 3. The van der Waals surface area contributed by atoms with Crippen molar-refractivity contribution in [3.05, 3.63) is 0 Å². The van der Waals surface area contributed by atoms with Crippen molar-refractivity contribution in [2.45, 2.75) is 122 Å². The van der Waals surface area contributed by atoms with Crippen LogP contribution in [0.2, 0.25) is 0 Å². The van der Waals surface area contributed by atoms with Crippen molar-refractivity contribution in [3.63, 3.8) is 0 Å². The van der Waals surface area contributed by atoms with Gasteiger partial charge in [0.15, 0.2) is 0 Å². The highest BCUT2D eigenvalue weighted by atomic mass is 16.4. The van der Waals surface area contributed by atoms with Gasteiger partial charge in [-0.05, 0) is 57.8 Å². The fourth-order valence-corrected chi connectivity index (χ4v) is 4.59. The number of nitrogens with zero attached hydrogens (tertiary/aromatic N) is 1. The molecule has 0 heterocycles. The van der Waals surface area contributed by atoms with E-state index in [1.54, 1.807) is 0 Å². The van der Waals surface area contributed by atoms with Crippen LogP contribution in [0.1, 0.15) is 122 Å². The predicted octanol–water partition coefficient (Wildman–Crippen LogP) is 4.76. The Bertz CT molecular complexity index is 468. The maximum atomic E-state index is 10.9. The summed E-state index contributed by atoms with van der Waals surface area (Å²) in [5, 5.41) is 28.7. The van der Waals surface area contributed by atoms with Gasteiger partial charge in [-0.3, -0.25) is 9.59 Å². The van der Waals surface area contributed by atoms with Crippen LogP contribution in [-0.4, -0.2) is 58.8 Å². The summed E-state index contributed by atoms with van der Waals surface area (Å²) in [6.45, 7) is 5.85. The molecule has 0 bridgehead atoms. The van der Waals surface area contributed by atoms with Crippen LogP contribution in [0.15, 0.2) is 0 Å². The molecule has 7 nitrogen and oxygen atoms in total. The highest BCUT2D eigenvalue weighted by molar-refractivity contribution is 5.66. The van der Waals surface area contributed by atoms with Gasteiger partial charge in [-0.1, -0.05) is 51.9 Å². The van der Waals surface area contributed by atoms with Gasteiger partial charge >= 0.3 is 11.9 Å². The predicted molar refractivity (Wildman–Crippen MR) is 129 cm³/mol. The van der Waals surface area contributed by atoms with Crippen LogP contribution in [0, 0.1) is 0 Å². The fraction of sp³-hybridized carbons (Fsp3) is 0.885. The Morgan fingerprint density at radius 1 is 0.545 bits per heavy atom. The number of quaternary nitrogens is 1. The molecular formula is C26H49NO6. The quantitative estimate of drug-likeness (QED) is 0.146. The van der Waals surface area contributed by atoms with Crippen LogP contribution in [0.3, 0.4) is 0 Å². The maximum absolute atomic E-state index is 10.9. The Morgan fingerprint density at radius 3 is 1.24 bits per heavy atom. The van der Waals surface area contributed by atoms with Crippen LogP contribution < -0.4 is 5.11 Å². The molecule has 0 atom stereocenters. The third-order valence-electron chi connectivity index (χ3n) is 6.55. The molecular weight excluding hydrogens is 422 g/mol. The monoisotopic (exact) mass is 471 g/mol. The fourth-order valence-electron chi connectivity index (χ4n) is 4.59. The molecule has 0 aliphatic rings. The highest BCUT2D eigenvalue weighted by Crippen LogP contribution is 2.19. The Balaban J connectivity index is 4.77. The molecule has 0 unspecified atom stereocenters. The van der Waals surface area contributed by atoms with Crippen LogP contribution in [0.25, 0.3) is 0 Å². The summed E-state index contributed by atoms with van der Waals surface area (Å²) < 4.78 is 0.850. The van der Waals surface area contributed by atoms with Crippen molar-refractivity contribution in [2.75, 3.05) is 26.2 Å². The highest BCUT2D eigenvalue weighted by Gasteiger charge is 2.26. The van der Waals surface area contributed by atoms with Gasteiger partial charge in [0.1, 0.15) is 0 Å². The molecule has 2 N–H and O–H groups in total. The number of hydrogen-bond donors (Lipinski definition) is 2. The minimum Gasteiger partial charge on any atom is -0.550 e. The number of carboxylic acid groups (broad SMARTS) is 3. The maximum Gasteiger partial charge on any atom is 0.303 e. The first-order chi connectivity index (χ1) is 15.8. The molecule has 7 heteroatoms. The van der Waals surface area contributed by atoms with E-state index in [4.69, 9.17) is 10.2 Å². The van der Waals surface area contributed by atoms with E-state index in [-0.39, 0.29) is 19.3 Å². The van der Waals surface area contributed by atoms with E-state index in [2.05, 4.69) is 6.92 Å². The average molecular weight is 472 g/mol. The van der Waals surface area contributed by atoms with Crippen molar-refractivity contribution in [2.24, 2.45) is 0 Å². The van der Waals surface area contributed by atoms with Gasteiger partial charge in [0.05, 0.1) is 26.2 Å². The summed E-state index contributed by atoms with van der Waals surface area (Å²) in [7, 11) is 0. The molecule has 0 fully saturated rings. The third kappa shape index (κ3) is 20.7. The minimum atomic E-state index is -1.02. The van der Waals surface area contributed by atoms with E-state index in [0.717, 1.165) is 56.3 Å². The topological polar surface area (TPSA) is 115 Å². The van der Waals surface area contributed by atoms with E-state index in [1.165, 1.54) is 51.4 Å². The van der Waals surface area contributed by atoms with E-state index >= 15 is 0 Å². The molecule has 0 aromatic heterocycles. The zero-order chi connectivity index (χ0) is 24.8. The van der Waals surface area contributed by atoms with E-state index in [9.17, 15) is 19.5 Å². The Labute approximate surface area is 201 Å². The SMILES string of the molecule is CCCCCCCCCCC[N+](CCCCC(=O)[O-])(CCCCC(=O)O)CCCCC(=O)O. The average Bonchev–Trinajstić information content (AvgIpc) is 2.75. The molecule has 0 amide bonds. The van der Waals surface area contributed by atoms with Crippen molar-refractivity contribution in [3.8, 4) is 0 Å². The zero-order valence-electron chi connectivity index (χ0n) is 21.0. The molecule has 0 spiro atoms. The van der Waals surface area contributed by atoms with Gasteiger partial charge < -0.3 is 24.6 Å². The van der Waals surface area contributed by atoms with Crippen molar-refractivity contribution < 1.29 is 34.2 Å². The first-order valence-electron chi connectivity index (χ1n) is 13.3. The lowest BCUT2D eigenvalue weighted by Crippen LogP contribution is -2.51. The van der Waals surface area contributed by atoms with Gasteiger partial charge in [0, 0.05) is 18.8 Å². The summed E-state index contributed by atoms with van der Waals surface area (Å²) in [6, 6.07) is 0. The van der Waals surface area contributed by atoms with Gasteiger partial charge in [0.2, 0.25) is 0 Å². The van der Waals surface area contributed by atoms with Crippen molar-refractivity contribution in [1.82, 2.24) is 0 Å². The largest absolute Gasteiger partial charge is 0.550 e.